The third-order valence-corrected chi connectivity index (χ3v) is 2.86. The van der Waals surface area contributed by atoms with Gasteiger partial charge in [-0.1, -0.05) is 12.2 Å². The third kappa shape index (κ3) is 3.20. The van der Waals surface area contributed by atoms with Crippen LogP contribution in [-0.2, 0) is 4.79 Å². The molecule has 0 aromatic heterocycles. The first-order valence-corrected chi connectivity index (χ1v) is 6.00. The molecule has 0 unspecified atom stereocenters. The van der Waals surface area contributed by atoms with Crippen LogP contribution in [0, 0.1) is 0 Å². The molecule has 0 saturated carbocycles. The molecule has 5 nitrogen and oxygen atoms in total. The second-order valence-electron chi connectivity index (χ2n) is 4.85. The van der Waals surface area contributed by atoms with Crippen molar-refractivity contribution in [2.75, 3.05) is 26.2 Å². The fourth-order valence-electron chi connectivity index (χ4n) is 1.88. The SMILES string of the molecule is C=CCN(CC=C)CCN1C(=O)NC(C)(C)C1=O. The van der Waals surface area contributed by atoms with E-state index in [0.717, 1.165) is 0 Å². The molecule has 1 fully saturated rings. The first-order chi connectivity index (χ1) is 8.42. The number of rotatable bonds is 7. The lowest BCUT2D eigenvalue weighted by Gasteiger charge is -2.22. The topological polar surface area (TPSA) is 52.6 Å². The molecule has 0 aromatic rings. The molecule has 1 saturated heterocycles. The predicted octanol–water partition coefficient (Wildman–Crippen LogP) is 0.991. The molecule has 0 spiro atoms. The van der Waals surface area contributed by atoms with Gasteiger partial charge < -0.3 is 5.32 Å². The highest BCUT2D eigenvalue weighted by Crippen LogP contribution is 2.16. The molecule has 1 aliphatic heterocycles. The summed E-state index contributed by atoms with van der Waals surface area (Å²) in [6.45, 7) is 13.2. The Labute approximate surface area is 108 Å². The molecular formula is C13H21N3O2. The number of carbonyl (C=O) groups excluding carboxylic acids is 2. The zero-order chi connectivity index (χ0) is 13.8. The smallest absolute Gasteiger partial charge is 0.324 e. The van der Waals surface area contributed by atoms with Gasteiger partial charge in [-0.25, -0.2) is 4.79 Å². The number of hydrogen-bond donors (Lipinski definition) is 1. The maximum Gasteiger partial charge on any atom is 0.325 e. The van der Waals surface area contributed by atoms with Crippen molar-refractivity contribution in [1.82, 2.24) is 15.1 Å². The monoisotopic (exact) mass is 251 g/mol. The van der Waals surface area contributed by atoms with Crippen LogP contribution in [0.5, 0.6) is 0 Å². The van der Waals surface area contributed by atoms with Crippen molar-refractivity contribution in [2.45, 2.75) is 19.4 Å². The van der Waals surface area contributed by atoms with Gasteiger partial charge in [-0.05, 0) is 13.8 Å². The van der Waals surface area contributed by atoms with Gasteiger partial charge in [0, 0.05) is 26.2 Å². The zero-order valence-corrected chi connectivity index (χ0v) is 11.1. The lowest BCUT2D eigenvalue weighted by Crippen LogP contribution is -2.42. The van der Waals surface area contributed by atoms with Crippen molar-refractivity contribution in [3.8, 4) is 0 Å². The highest BCUT2D eigenvalue weighted by Gasteiger charge is 2.43. The van der Waals surface area contributed by atoms with Crippen molar-refractivity contribution in [3.05, 3.63) is 25.3 Å². The molecule has 1 aliphatic rings. The van der Waals surface area contributed by atoms with Gasteiger partial charge in [-0.3, -0.25) is 14.6 Å². The van der Waals surface area contributed by atoms with Crippen LogP contribution in [-0.4, -0.2) is 53.5 Å². The van der Waals surface area contributed by atoms with Gasteiger partial charge in [-0.15, -0.1) is 13.2 Å². The van der Waals surface area contributed by atoms with Crippen LogP contribution in [0.4, 0.5) is 4.79 Å². The summed E-state index contributed by atoms with van der Waals surface area (Å²) in [5.41, 5.74) is -0.793. The Kier molecular flexibility index (Phi) is 4.67. The van der Waals surface area contributed by atoms with E-state index in [1.54, 1.807) is 26.0 Å². The molecule has 1 rings (SSSR count). The summed E-state index contributed by atoms with van der Waals surface area (Å²) in [4.78, 5) is 26.9. The number of carbonyl (C=O) groups is 2. The molecule has 18 heavy (non-hydrogen) atoms. The Hall–Kier alpha value is -1.62. The van der Waals surface area contributed by atoms with Gasteiger partial charge in [0.1, 0.15) is 5.54 Å². The van der Waals surface area contributed by atoms with Gasteiger partial charge in [0.25, 0.3) is 5.91 Å². The second-order valence-corrected chi connectivity index (χ2v) is 4.85. The quantitative estimate of drug-likeness (QED) is 0.542. The summed E-state index contributed by atoms with van der Waals surface area (Å²) in [6, 6.07) is -0.317. The minimum absolute atomic E-state index is 0.176. The molecule has 3 amide bonds. The summed E-state index contributed by atoms with van der Waals surface area (Å²) < 4.78 is 0. The van der Waals surface area contributed by atoms with Crippen molar-refractivity contribution >= 4 is 11.9 Å². The standard InChI is InChI=1S/C13H21N3O2/c1-5-7-15(8-6-2)9-10-16-11(17)13(3,4)14-12(16)18/h5-6H,1-2,7-10H2,3-4H3,(H,14,18). The zero-order valence-electron chi connectivity index (χ0n) is 11.1. The third-order valence-electron chi connectivity index (χ3n) is 2.86. The van der Waals surface area contributed by atoms with Crippen molar-refractivity contribution in [1.29, 1.82) is 0 Å². The molecule has 0 aromatic carbocycles. The van der Waals surface area contributed by atoms with Crippen LogP contribution in [0.3, 0.4) is 0 Å². The van der Waals surface area contributed by atoms with Crippen molar-refractivity contribution < 1.29 is 9.59 Å². The highest BCUT2D eigenvalue weighted by molar-refractivity contribution is 6.06. The Morgan fingerprint density at radius 1 is 1.28 bits per heavy atom. The maximum absolute atomic E-state index is 11.9. The van der Waals surface area contributed by atoms with Crippen LogP contribution in [0.2, 0.25) is 0 Å². The van der Waals surface area contributed by atoms with Gasteiger partial charge in [0.2, 0.25) is 0 Å². The first kappa shape index (κ1) is 14.4. The Morgan fingerprint density at radius 2 is 1.83 bits per heavy atom. The number of hydrogen-bond acceptors (Lipinski definition) is 3. The summed E-state index contributed by atoms with van der Waals surface area (Å²) in [6.07, 6.45) is 3.58. The molecule has 1 heterocycles. The average molecular weight is 251 g/mol. The first-order valence-electron chi connectivity index (χ1n) is 6.00. The van der Waals surface area contributed by atoms with E-state index in [2.05, 4.69) is 23.4 Å². The number of nitrogens with one attached hydrogen (secondary N) is 1. The second kappa shape index (κ2) is 5.82. The predicted molar refractivity (Wildman–Crippen MR) is 71.2 cm³/mol. The number of urea groups is 1. The van der Waals surface area contributed by atoms with E-state index < -0.39 is 5.54 Å². The minimum Gasteiger partial charge on any atom is -0.324 e. The van der Waals surface area contributed by atoms with Gasteiger partial charge in [0.15, 0.2) is 0 Å². The average Bonchev–Trinajstić information content (AvgIpc) is 2.47. The van der Waals surface area contributed by atoms with Crippen LogP contribution < -0.4 is 5.32 Å². The fourth-order valence-corrected chi connectivity index (χ4v) is 1.88. The number of imide groups is 1. The lowest BCUT2D eigenvalue weighted by atomic mass is 10.1. The molecule has 0 aliphatic carbocycles. The summed E-state index contributed by atoms with van der Waals surface area (Å²) in [7, 11) is 0. The fraction of sp³-hybridized carbons (Fsp3) is 0.538. The van der Waals surface area contributed by atoms with E-state index in [-0.39, 0.29) is 11.9 Å². The van der Waals surface area contributed by atoms with Crippen LogP contribution in [0.1, 0.15) is 13.8 Å². The molecule has 0 atom stereocenters. The van der Waals surface area contributed by atoms with Gasteiger partial charge in [0.05, 0.1) is 0 Å². The van der Waals surface area contributed by atoms with Crippen molar-refractivity contribution in [3.63, 3.8) is 0 Å². The number of amides is 3. The molecular weight excluding hydrogens is 230 g/mol. The Bertz CT molecular complexity index is 353. The number of nitrogens with zero attached hydrogens (tertiary/aromatic N) is 2. The van der Waals surface area contributed by atoms with E-state index in [1.807, 2.05) is 0 Å². The maximum atomic E-state index is 11.9. The van der Waals surface area contributed by atoms with Crippen LogP contribution in [0.25, 0.3) is 0 Å². The minimum atomic E-state index is -0.793. The van der Waals surface area contributed by atoms with E-state index in [0.29, 0.717) is 26.2 Å². The largest absolute Gasteiger partial charge is 0.325 e. The van der Waals surface area contributed by atoms with E-state index in [1.165, 1.54) is 4.90 Å². The van der Waals surface area contributed by atoms with E-state index >= 15 is 0 Å². The van der Waals surface area contributed by atoms with E-state index in [9.17, 15) is 9.59 Å². The highest BCUT2D eigenvalue weighted by atomic mass is 16.2. The van der Waals surface area contributed by atoms with Crippen molar-refractivity contribution in [2.24, 2.45) is 0 Å². The molecule has 0 bridgehead atoms. The summed E-state index contributed by atoms with van der Waals surface area (Å²) in [5.74, 6) is -0.176. The summed E-state index contributed by atoms with van der Waals surface area (Å²) >= 11 is 0. The molecule has 100 valence electrons. The van der Waals surface area contributed by atoms with Crippen LogP contribution in [0.15, 0.2) is 25.3 Å². The van der Waals surface area contributed by atoms with E-state index in [4.69, 9.17) is 0 Å². The van der Waals surface area contributed by atoms with Crippen LogP contribution >= 0.6 is 0 Å². The summed E-state index contributed by atoms with van der Waals surface area (Å²) in [5, 5.41) is 2.66. The normalized spacial score (nSPS) is 18.1. The lowest BCUT2D eigenvalue weighted by molar-refractivity contribution is -0.130. The van der Waals surface area contributed by atoms with Gasteiger partial charge >= 0.3 is 6.03 Å². The molecule has 0 radical (unpaired) electrons. The Balaban J connectivity index is 2.57. The molecule has 5 heteroatoms. The Morgan fingerprint density at radius 3 is 2.22 bits per heavy atom. The van der Waals surface area contributed by atoms with Gasteiger partial charge in [-0.2, -0.15) is 0 Å². The molecule has 1 N–H and O–H groups in total.